The number of amides is 2. The number of H-pyrrole nitrogens is 1. The fourth-order valence-corrected chi connectivity index (χ4v) is 5.12. The SMILES string of the molecule is N#Cc1cn[nH]c1NC(=O)NC12CC3CC(CC(C3)C1)C2. The van der Waals surface area contributed by atoms with E-state index in [0.717, 1.165) is 37.0 Å². The first kappa shape index (κ1) is 12.7. The summed E-state index contributed by atoms with van der Waals surface area (Å²) in [5, 5.41) is 21.3. The van der Waals surface area contributed by atoms with Crippen molar-refractivity contribution in [3.63, 3.8) is 0 Å². The van der Waals surface area contributed by atoms with Gasteiger partial charge in [-0.15, -0.1) is 0 Å². The first-order valence-corrected chi connectivity index (χ1v) is 7.68. The Morgan fingerprint density at radius 1 is 1.29 bits per heavy atom. The molecule has 6 nitrogen and oxygen atoms in total. The second-order valence-electron chi connectivity index (χ2n) is 7.05. The van der Waals surface area contributed by atoms with Crippen molar-refractivity contribution < 1.29 is 4.79 Å². The lowest BCUT2D eigenvalue weighted by atomic mass is 9.53. The molecule has 0 spiro atoms. The number of carbonyl (C=O) groups is 1. The standard InChI is InChI=1S/C15H19N5O/c16-7-12-8-17-20-13(12)18-14(21)19-15-4-9-1-10(5-15)3-11(2-9)6-15/h8-11H,1-6H2,(H3,17,18,19,20,21). The van der Waals surface area contributed by atoms with Gasteiger partial charge in [0.1, 0.15) is 17.5 Å². The number of urea groups is 1. The second-order valence-corrected chi connectivity index (χ2v) is 7.05. The molecule has 6 heteroatoms. The zero-order valence-electron chi connectivity index (χ0n) is 11.9. The van der Waals surface area contributed by atoms with Crippen LogP contribution in [0.25, 0.3) is 0 Å². The van der Waals surface area contributed by atoms with Gasteiger partial charge in [0.15, 0.2) is 0 Å². The number of rotatable bonds is 2. The minimum Gasteiger partial charge on any atom is -0.332 e. The summed E-state index contributed by atoms with van der Waals surface area (Å²) >= 11 is 0. The van der Waals surface area contributed by atoms with Crippen LogP contribution in [-0.4, -0.2) is 21.8 Å². The van der Waals surface area contributed by atoms with Crippen LogP contribution in [0, 0.1) is 29.1 Å². The maximum Gasteiger partial charge on any atom is 0.320 e. The average Bonchev–Trinajstić information content (AvgIpc) is 2.83. The number of nitrogens with zero attached hydrogens (tertiary/aromatic N) is 2. The Kier molecular flexibility index (Phi) is 2.71. The molecule has 3 N–H and O–H groups in total. The molecule has 4 fully saturated rings. The molecular formula is C15H19N5O. The molecule has 4 aliphatic rings. The van der Waals surface area contributed by atoms with Gasteiger partial charge in [-0.1, -0.05) is 0 Å². The zero-order chi connectivity index (χ0) is 14.4. The van der Waals surface area contributed by atoms with Crippen LogP contribution < -0.4 is 10.6 Å². The number of nitrogens with one attached hydrogen (secondary N) is 3. The molecule has 4 aliphatic carbocycles. The number of nitriles is 1. The minimum absolute atomic E-state index is 0.0222. The van der Waals surface area contributed by atoms with Crippen molar-refractivity contribution in [1.29, 1.82) is 5.26 Å². The van der Waals surface area contributed by atoms with E-state index in [1.165, 1.54) is 25.5 Å². The number of hydrogen-bond donors (Lipinski definition) is 3. The first-order valence-electron chi connectivity index (χ1n) is 7.68. The lowest BCUT2D eigenvalue weighted by molar-refractivity contribution is -0.0127. The van der Waals surface area contributed by atoms with E-state index in [0.29, 0.717) is 11.4 Å². The molecule has 2 amide bonds. The average molecular weight is 285 g/mol. The molecule has 21 heavy (non-hydrogen) atoms. The fraction of sp³-hybridized carbons (Fsp3) is 0.667. The highest BCUT2D eigenvalue weighted by atomic mass is 16.2. The van der Waals surface area contributed by atoms with Gasteiger partial charge in [0, 0.05) is 5.54 Å². The summed E-state index contributed by atoms with van der Waals surface area (Å²) in [7, 11) is 0. The van der Waals surface area contributed by atoms with Crippen molar-refractivity contribution in [1.82, 2.24) is 15.5 Å². The molecule has 1 heterocycles. The van der Waals surface area contributed by atoms with Crippen molar-refractivity contribution >= 4 is 11.8 Å². The van der Waals surface area contributed by atoms with Crippen LogP contribution in [0.4, 0.5) is 10.6 Å². The Labute approximate surface area is 123 Å². The maximum atomic E-state index is 12.3. The molecule has 1 aromatic heterocycles. The molecule has 0 saturated heterocycles. The highest BCUT2D eigenvalue weighted by Crippen LogP contribution is 2.55. The van der Waals surface area contributed by atoms with E-state index in [9.17, 15) is 4.79 Å². The van der Waals surface area contributed by atoms with Crippen LogP contribution in [0.1, 0.15) is 44.1 Å². The molecule has 110 valence electrons. The molecule has 0 atom stereocenters. The smallest absolute Gasteiger partial charge is 0.320 e. The van der Waals surface area contributed by atoms with Crippen molar-refractivity contribution in [2.24, 2.45) is 17.8 Å². The van der Waals surface area contributed by atoms with Gasteiger partial charge in [-0.05, 0) is 56.3 Å². The van der Waals surface area contributed by atoms with Crippen LogP contribution >= 0.6 is 0 Å². The summed E-state index contributed by atoms with van der Waals surface area (Å²) in [6.45, 7) is 0. The lowest BCUT2D eigenvalue weighted by Gasteiger charge is -2.56. The predicted octanol–water partition coefficient (Wildman–Crippen LogP) is 2.37. The third-order valence-electron chi connectivity index (χ3n) is 5.42. The van der Waals surface area contributed by atoms with E-state index in [-0.39, 0.29) is 11.6 Å². The molecule has 1 aromatic rings. The van der Waals surface area contributed by atoms with Crippen LogP contribution in [0.3, 0.4) is 0 Å². The Morgan fingerprint density at radius 3 is 2.48 bits per heavy atom. The molecule has 0 aliphatic heterocycles. The first-order chi connectivity index (χ1) is 10.2. The van der Waals surface area contributed by atoms with Crippen LogP contribution in [-0.2, 0) is 0 Å². The number of aromatic nitrogens is 2. The summed E-state index contributed by atoms with van der Waals surface area (Å²) in [5.74, 6) is 2.75. The van der Waals surface area contributed by atoms with Crippen molar-refractivity contribution in [3.05, 3.63) is 11.8 Å². The monoisotopic (exact) mass is 285 g/mol. The molecule has 0 radical (unpaired) electrons. The van der Waals surface area contributed by atoms with Gasteiger partial charge in [0.2, 0.25) is 0 Å². The van der Waals surface area contributed by atoms with E-state index in [4.69, 9.17) is 5.26 Å². The third kappa shape index (κ3) is 2.17. The fourth-order valence-electron chi connectivity index (χ4n) is 5.12. The van der Waals surface area contributed by atoms with Gasteiger partial charge in [0.05, 0.1) is 6.20 Å². The maximum absolute atomic E-state index is 12.3. The largest absolute Gasteiger partial charge is 0.332 e. The van der Waals surface area contributed by atoms with Crippen molar-refractivity contribution in [2.45, 2.75) is 44.1 Å². The summed E-state index contributed by atoms with van der Waals surface area (Å²) in [4.78, 5) is 12.3. The van der Waals surface area contributed by atoms with E-state index in [1.54, 1.807) is 0 Å². The highest BCUT2D eigenvalue weighted by molar-refractivity contribution is 5.90. The van der Waals surface area contributed by atoms with Gasteiger partial charge in [-0.25, -0.2) is 4.79 Å². The van der Waals surface area contributed by atoms with E-state index < -0.39 is 0 Å². The van der Waals surface area contributed by atoms with E-state index >= 15 is 0 Å². The van der Waals surface area contributed by atoms with Crippen molar-refractivity contribution in [3.8, 4) is 6.07 Å². The Hall–Kier alpha value is -2.03. The Bertz CT molecular complexity index is 579. The van der Waals surface area contributed by atoms with Gasteiger partial charge in [0.25, 0.3) is 0 Å². The summed E-state index contributed by atoms with van der Waals surface area (Å²) in [5.41, 5.74) is 0.335. The molecule has 0 unspecified atom stereocenters. The number of anilines is 1. The number of carbonyl (C=O) groups excluding carboxylic acids is 1. The van der Waals surface area contributed by atoms with Crippen molar-refractivity contribution in [2.75, 3.05) is 5.32 Å². The molecular weight excluding hydrogens is 266 g/mol. The van der Waals surface area contributed by atoms with Crippen LogP contribution in [0.2, 0.25) is 0 Å². The van der Waals surface area contributed by atoms with Gasteiger partial charge >= 0.3 is 6.03 Å². The van der Waals surface area contributed by atoms with E-state index in [2.05, 4.69) is 20.8 Å². The van der Waals surface area contributed by atoms with Crippen LogP contribution in [0.5, 0.6) is 0 Å². The van der Waals surface area contributed by atoms with E-state index in [1.807, 2.05) is 6.07 Å². The summed E-state index contributed by atoms with van der Waals surface area (Å²) in [6, 6.07) is 1.78. The van der Waals surface area contributed by atoms with Gasteiger partial charge in [-0.3, -0.25) is 10.4 Å². The summed E-state index contributed by atoms with van der Waals surface area (Å²) < 4.78 is 0. The Morgan fingerprint density at radius 2 is 1.90 bits per heavy atom. The molecule has 4 bridgehead atoms. The normalized spacial score (nSPS) is 36.2. The molecule has 5 rings (SSSR count). The lowest BCUT2D eigenvalue weighted by Crippen LogP contribution is -2.60. The quantitative estimate of drug-likeness (QED) is 0.778. The highest BCUT2D eigenvalue weighted by Gasteiger charge is 2.51. The third-order valence-corrected chi connectivity index (χ3v) is 5.42. The van der Waals surface area contributed by atoms with Gasteiger partial charge in [-0.2, -0.15) is 10.4 Å². The Balaban J connectivity index is 1.46. The number of hydrogen-bond acceptors (Lipinski definition) is 3. The zero-order valence-corrected chi connectivity index (χ0v) is 11.9. The second kappa shape index (κ2) is 4.48. The molecule has 0 aromatic carbocycles. The number of aromatic amines is 1. The molecule has 4 saturated carbocycles. The van der Waals surface area contributed by atoms with Crippen LogP contribution in [0.15, 0.2) is 6.20 Å². The van der Waals surface area contributed by atoms with Gasteiger partial charge < -0.3 is 5.32 Å². The predicted molar refractivity (Wildman–Crippen MR) is 76.4 cm³/mol. The summed E-state index contributed by atoms with van der Waals surface area (Å²) in [6.07, 6.45) is 8.80. The minimum atomic E-state index is -0.224. The topological polar surface area (TPSA) is 93.6 Å².